The van der Waals surface area contributed by atoms with Crippen LogP contribution in [-0.4, -0.2) is 45.7 Å². The first-order chi connectivity index (χ1) is 18.8. The Labute approximate surface area is 234 Å². The van der Waals surface area contributed by atoms with Crippen LogP contribution in [0.25, 0.3) is 16.8 Å². The summed E-state index contributed by atoms with van der Waals surface area (Å²) in [5.74, 6) is 1.36. The van der Waals surface area contributed by atoms with Crippen molar-refractivity contribution >= 4 is 22.6 Å². The number of rotatable bonds is 12. The number of pyridine rings is 2. The molecule has 0 aromatic carbocycles. The molecule has 0 atom stereocenters. The van der Waals surface area contributed by atoms with E-state index in [4.69, 9.17) is 4.98 Å². The van der Waals surface area contributed by atoms with Gasteiger partial charge in [-0.3, -0.25) is 0 Å². The van der Waals surface area contributed by atoms with Crippen LogP contribution < -0.4 is 10.6 Å². The molecule has 2 N–H and O–H groups in total. The highest BCUT2D eigenvalue weighted by Crippen LogP contribution is 2.30. The van der Waals surface area contributed by atoms with E-state index in [1.165, 1.54) is 0 Å². The van der Waals surface area contributed by atoms with Crippen molar-refractivity contribution in [3.63, 3.8) is 0 Å². The minimum Gasteiger partial charge on any atom is -0.382 e. The molecular weight excluding hydrogens is 480 g/mol. The maximum atomic E-state index is 4.92. The first-order valence-electron chi connectivity index (χ1n) is 14.6. The largest absolute Gasteiger partial charge is 0.382 e. The summed E-state index contributed by atoms with van der Waals surface area (Å²) in [7, 11) is 2.18. The van der Waals surface area contributed by atoms with Crippen molar-refractivity contribution in [2.45, 2.75) is 72.3 Å². The van der Waals surface area contributed by atoms with Crippen molar-refractivity contribution in [3.8, 4) is 0 Å². The van der Waals surface area contributed by atoms with Crippen molar-refractivity contribution in [2.75, 3.05) is 25.5 Å². The standard InChI is InChI=1S/C33H46N6/c1-8-11-28(12-9-2)35-25(6)31-22-34-39-20-17-27(21-32(31)39)29(10-3)30-13-14-33(37-24(30)5)36-23(4)26-15-18-38(7)19-16-26/h10,13-14,17,20-22,26,28,35H,4,6,8-9,11-12,15-16,18-19H2,1-3,5,7H3,(H,36,37)/b29-10-. The zero-order valence-corrected chi connectivity index (χ0v) is 24.6. The van der Waals surface area contributed by atoms with Gasteiger partial charge in [-0.15, -0.1) is 0 Å². The molecule has 0 bridgehead atoms. The number of aromatic nitrogens is 3. The average Bonchev–Trinajstić information content (AvgIpc) is 3.34. The highest BCUT2D eigenvalue weighted by molar-refractivity contribution is 5.85. The van der Waals surface area contributed by atoms with E-state index in [-0.39, 0.29) is 0 Å². The van der Waals surface area contributed by atoms with Crippen LogP contribution in [-0.2, 0) is 0 Å². The number of allylic oxidation sites excluding steroid dienone is 2. The third-order valence-corrected chi connectivity index (χ3v) is 7.97. The summed E-state index contributed by atoms with van der Waals surface area (Å²) in [6, 6.07) is 9.02. The van der Waals surface area contributed by atoms with E-state index in [9.17, 15) is 0 Å². The summed E-state index contributed by atoms with van der Waals surface area (Å²) < 4.78 is 1.93. The second-order valence-corrected chi connectivity index (χ2v) is 11.0. The van der Waals surface area contributed by atoms with Gasteiger partial charge in [-0.1, -0.05) is 45.9 Å². The normalized spacial score (nSPS) is 15.2. The van der Waals surface area contributed by atoms with Crippen LogP contribution in [0.15, 0.2) is 61.6 Å². The minimum atomic E-state index is 0.438. The van der Waals surface area contributed by atoms with Crippen LogP contribution in [0.5, 0.6) is 0 Å². The van der Waals surface area contributed by atoms with Crippen molar-refractivity contribution in [3.05, 3.63) is 84.0 Å². The first kappa shape index (κ1) is 28.6. The number of hydrogen-bond acceptors (Lipinski definition) is 5. The van der Waals surface area contributed by atoms with Crippen molar-refractivity contribution in [1.29, 1.82) is 0 Å². The molecule has 4 heterocycles. The number of nitrogens with one attached hydrogen (secondary N) is 2. The number of likely N-dealkylation sites (tertiary alicyclic amines) is 1. The maximum Gasteiger partial charge on any atom is 0.130 e. The third-order valence-electron chi connectivity index (χ3n) is 7.97. The number of anilines is 1. The Balaban J connectivity index is 1.54. The zero-order valence-electron chi connectivity index (χ0n) is 24.6. The van der Waals surface area contributed by atoms with Crippen LogP contribution in [0.1, 0.15) is 81.7 Å². The van der Waals surface area contributed by atoms with Gasteiger partial charge in [0.2, 0.25) is 0 Å². The number of fused-ring (bicyclic) bond motifs is 1. The average molecular weight is 527 g/mol. The van der Waals surface area contributed by atoms with E-state index in [1.54, 1.807) is 0 Å². The topological polar surface area (TPSA) is 57.5 Å². The van der Waals surface area contributed by atoms with Gasteiger partial charge in [0, 0.05) is 46.4 Å². The Kier molecular flexibility index (Phi) is 9.63. The monoisotopic (exact) mass is 526 g/mol. The Hall–Kier alpha value is -3.38. The lowest BCUT2D eigenvalue weighted by Crippen LogP contribution is -2.32. The van der Waals surface area contributed by atoms with E-state index in [0.29, 0.717) is 12.0 Å². The molecule has 0 spiro atoms. The molecule has 0 radical (unpaired) electrons. The fourth-order valence-electron chi connectivity index (χ4n) is 5.71. The molecule has 208 valence electrons. The SMILES string of the molecule is C=C(NC(CCC)CCC)c1cnn2ccc(/C(=C/C)c3ccc(NC(=C)C4CCN(C)CC4)nc3C)cc12. The Bertz CT molecular complexity index is 1320. The van der Waals surface area contributed by atoms with Gasteiger partial charge in [-0.05, 0) is 95.1 Å². The molecule has 0 aliphatic carbocycles. The molecule has 0 amide bonds. The molecule has 1 aliphatic rings. The highest BCUT2D eigenvalue weighted by Gasteiger charge is 2.20. The molecule has 3 aromatic heterocycles. The second-order valence-electron chi connectivity index (χ2n) is 11.0. The fourth-order valence-corrected chi connectivity index (χ4v) is 5.71. The van der Waals surface area contributed by atoms with E-state index in [0.717, 1.165) is 102 Å². The van der Waals surface area contributed by atoms with Crippen LogP contribution in [0, 0.1) is 12.8 Å². The van der Waals surface area contributed by atoms with Gasteiger partial charge in [-0.25, -0.2) is 9.50 Å². The van der Waals surface area contributed by atoms with Gasteiger partial charge in [0.05, 0.1) is 11.7 Å². The summed E-state index contributed by atoms with van der Waals surface area (Å²) >= 11 is 0. The summed E-state index contributed by atoms with van der Waals surface area (Å²) in [5.41, 5.74) is 8.52. The zero-order chi connectivity index (χ0) is 27.9. The minimum absolute atomic E-state index is 0.438. The summed E-state index contributed by atoms with van der Waals surface area (Å²) in [4.78, 5) is 7.30. The fraction of sp³-hybridized carbons (Fsp3) is 0.455. The van der Waals surface area contributed by atoms with Crippen molar-refractivity contribution < 1.29 is 0 Å². The lowest BCUT2D eigenvalue weighted by atomic mass is 9.94. The first-order valence-corrected chi connectivity index (χ1v) is 14.6. The van der Waals surface area contributed by atoms with Crippen LogP contribution >= 0.6 is 0 Å². The molecule has 4 rings (SSSR count). The van der Waals surface area contributed by atoms with E-state index in [2.05, 4.69) is 98.9 Å². The summed E-state index contributed by atoms with van der Waals surface area (Å²) in [5, 5.41) is 11.8. The highest BCUT2D eigenvalue weighted by atomic mass is 15.2. The van der Waals surface area contributed by atoms with Crippen LogP contribution in [0.4, 0.5) is 5.82 Å². The Morgan fingerprint density at radius 2 is 1.82 bits per heavy atom. The second kappa shape index (κ2) is 13.1. The van der Waals surface area contributed by atoms with Gasteiger partial charge < -0.3 is 15.5 Å². The summed E-state index contributed by atoms with van der Waals surface area (Å²) in [6.07, 6.45) is 13.0. The molecule has 39 heavy (non-hydrogen) atoms. The number of nitrogens with zero attached hydrogens (tertiary/aromatic N) is 4. The van der Waals surface area contributed by atoms with E-state index >= 15 is 0 Å². The van der Waals surface area contributed by atoms with Gasteiger partial charge in [0.25, 0.3) is 0 Å². The molecular formula is C33H46N6. The maximum absolute atomic E-state index is 4.92. The molecule has 0 unspecified atom stereocenters. The number of piperidine rings is 1. The molecule has 3 aromatic rings. The molecule has 1 aliphatic heterocycles. The molecule has 6 heteroatoms. The molecule has 6 nitrogen and oxygen atoms in total. The third kappa shape index (κ3) is 6.80. The van der Waals surface area contributed by atoms with Crippen LogP contribution in [0.3, 0.4) is 0 Å². The molecule has 1 saturated heterocycles. The lowest BCUT2D eigenvalue weighted by Gasteiger charge is -2.30. The van der Waals surface area contributed by atoms with Gasteiger partial charge in [0.15, 0.2) is 0 Å². The predicted octanol–water partition coefficient (Wildman–Crippen LogP) is 7.29. The van der Waals surface area contributed by atoms with Gasteiger partial charge in [0.1, 0.15) is 5.82 Å². The van der Waals surface area contributed by atoms with Crippen molar-refractivity contribution in [2.24, 2.45) is 5.92 Å². The Morgan fingerprint density at radius 1 is 1.10 bits per heavy atom. The quantitative estimate of drug-likeness (QED) is 0.260. The Morgan fingerprint density at radius 3 is 2.46 bits per heavy atom. The summed E-state index contributed by atoms with van der Waals surface area (Å²) in [6.45, 7) is 19.6. The van der Waals surface area contributed by atoms with Crippen molar-refractivity contribution in [1.82, 2.24) is 24.8 Å². The number of hydrogen-bond donors (Lipinski definition) is 2. The van der Waals surface area contributed by atoms with Crippen LogP contribution in [0.2, 0.25) is 0 Å². The number of aryl methyl sites for hydroxylation is 1. The molecule has 1 fully saturated rings. The van der Waals surface area contributed by atoms with Gasteiger partial charge in [-0.2, -0.15) is 5.10 Å². The predicted molar refractivity (Wildman–Crippen MR) is 166 cm³/mol. The molecule has 0 saturated carbocycles. The van der Waals surface area contributed by atoms with Gasteiger partial charge >= 0.3 is 0 Å². The van der Waals surface area contributed by atoms with E-state index in [1.807, 2.05) is 16.9 Å². The lowest BCUT2D eigenvalue weighted by molar-refractivity contribution is 0.239. The van der Waals surface area contributed by atoms with E-state index < -0.39 is 0 Å². The smallest absolute Gasteiger partial charge is 0.130 e.